The van der Waals surface area contributed by atoms with E-state index in [1.54, 1.807) is 19.1 Å². The molecule has 1 aromatic carbocycles. The summed E-state index contributed by atoms with van der Waals surface area (Å²) in [4.78, 5) is 10.6. The van der Waals surface area contributed by atoms with Crippen LogP contribution in [0.15, 0.2) is 18.2 Å². The van der Waals surface area contributed by atoms with Gasteiger partial charge in [-0.15, -0.1) is 0 Å². The Labute approximate surface area is 92.9 Å². The fraction of sp³-hybridized carbons (Fsp3) is 0.364. The highest BCUT2D eigenvalue weighted by Gasteiger charge is 2.16. The van der Waals surface area contributed by atoms with Gasteiger partial charge in [0.15, 0.2) is 6.10 Å². The number of hydrogen-bond donors (Lipinski definition) is 3. The van der Waals surface area contributed by atoms with E-state index in [9.17, 15) is 9.90 Å². The molecule has 0 saturated heterocycles. The van der Waals surface area contributed by atoms with Crippen LogP contribution in [0.4, 0.5) is 0 Å². The lowest BCUT2D eigenvalue weighted by atomic mass is 10.1. The van der Waals surface area contributed by atoms with E-state index in [1.807, 2.05) is 0 Å². The lowest BCUT2D eigenvalue weighted by Crippen LogP contribution is -2.11. The van der Waals surface area contributed by atoms with Crippen LogP contribution < -0.4 is 4.74 Å². The van der Waals surface area contributed by atoms with Crippen LogP contribution in [0.2, 0.25) is 0 Å². The third-order valence-corrected chi connectivity index (χ3v) is 2.10. The summed E-state index contributed by atoms with van der Waals surface area (Å²) in [6.45, 7) is 1.84. The Kier molecular flexibility index (Phi) is 4.28. The summed E-state index contributed by atoms with van der Waals surface area (Å²) in [5.41, 5.74) is 1.02. The zero-order valence-corrected chi connectivity index (χ0v) is 8.88. The van der Waals surface area contributed by atoms with Gasteiger partial charge in [0.25, 0.3) is 0 Å². The van der Waals surface area contributed by atoms with Crippen molar-refractivity contribution in [1.29, 1.82) is 0 Å². The number of benzene rings is 1. The molecule has 1 aromatic rings. The van der Waals surface area contributed by atoms with E-state index >= 15 is 0 Å². The average Bonchev–Trinajstić information content (AvgIpc) is 2.26. The second-order valence-electron chi connectivity index (χ2n) is 3.34. The van der Waals surface area contributed by atoms with Crippen LogP contribution in [-0.4, -0.2) is 34.5 Å². The molecule has 1 unspecified atom stereocenters. The predicted molar refractivity (Wildman–Crippen MR) is 56.4 cm³/mol. The summed E-state index contributed by atoms with van der Waals surface area (Å²) in [5.74, 6) is -0.723. The van der Waals surface area contributed by atoms with Gasteiger partial charge in [-0.1, -0.05) is 6.07 Å². The molecular weight excluding hydrogens is 212 g/mol. The molecular formula is C11H14O5. The fourth-order valence-corrected chi connectivity index (χ4v) is 1.30. The summed E-state index contributed by atoms with van der Waals surface area (Å²) in [6, 6.07) is 4.61. The van der Waals surface area contributed by atoms with Crippen molar-refractivity contribution in [2.24, 2.45) is 0 Å². The van der Waals surface area contributed by atoms with Crippen LogP contribution in [0.1, 0.15) is 17.2 Å². The van der Waals surface area contributed by atoms with Crippen LogP contribution >= 0.6 is 0 Å². The van der Waals surface area contributed by atoms with Crippen molar-refractivity contribution in [3.8, 4) is 5.75 Å². The molecule has 0 aliphatic rings. The van der Waals surface area contributed by atoms with Crippen molar-refractivity contribution >= 4 is 5.97 Å². The van der Waals surface area contributed by atoms with Crippen molar-refractivity contribution in [3.05, 3.63) is 29.3 Å². The third kappa shape index (κ3) is 2.95. The first-order chi connectivity index (χ1) is 7.56. The molecule has 0 amide bonds. The Morgan fingerprint density at radius 3 is 2.69 bits per heavy atom. The molecule has 0 bridgehead atoms. The zero-order valence-electron chi connectivity index (χ0n) is 8.88. The van der Waals surface area contributed by atoms with Gasteiger partial charge in [0.2, 0.25) is 0 Å². The monoisotopic (exact) mass is 226 g/mol. The minimum atomic E-state index is -1.52. The summed E-state index contributed by atoms with van der Waals surface area (Å²) in [7, 11) is 0. The van der Waals surface area contributed by atoms with E-state index in [2.05, 4.69) is 0 Å². The van der Waals surface area contributed by atoms with Crippen molar-refractivity contribution in [1.82, 2.24) is 0 Å². The largest absolute Gasteiger partial charge is 0.491 e. The van der Waals surface area contributed by atoms with Gasteiger partial charge < -0.3 is 20.1 Å². The van der Waals surface area contributed by atoms with Gasteiger partial charge in [-0.3, -0.25) is 0 Å². The Bertz CT molecular complexity index is 375. The summed E-state index contributed by atoms with van der Waals surface area (Å²) >= 11 is 0. The molecule has 0 aliphatic carbocycles. The standard InChI is InChI=1S/C11H14O5/c1-7-6-8(10(13)11(14)15)2-3-9(7)16-5-4-12/h2-3,6,10,12-13H,4-5H2,1H3,(H,14,15). The lowest BCUT2D eigenvalue weighted by Gasteiger charge is -2.11. The number of rotatable bonds is 5. The van der Waals surface area contributed by atoms with Crippen LogP contribution in [-0.2, 0) is 4.79 Å². The smallest absolute Gasteiger partial charge is 0.337 e. The molecule has 88 valence electrons. The van der Waals surface area contributed by atoms with E-state index in [0.29, 0.717) is 16.9 Å². The van der Waals surface area contributed by atoms with Gasteiger partial charge in [-0.25, -0.2) is 4.79 Å². The van der Waals surface area contributed by atoms with Crippen molar-refractivity contribution < 1.29 is 24.9 Å². The first-order valence-electron chi connectivity index (χ1n) is 4.81. The number of carbonyl (C=O) groups is 1. The molecule has 16 heavy (non-hydrogen) atoms. The molecule has 1 rings (SSSR count). The quantitative estimate of drug-likeness (QED) is 0.680. The molecule has 0 aromatic heterocycles. The fourth-order valence-electron chi connectivity index (χ4n) is 1.30. The third-order valence-electron chi connectivity index (χ3n) is 2.10. The van der Waals surface area contributed by atoms with Gasteiger partial charge in [0.05, 0.1) is 6.61 Å². The number of hydrogen-bond acceptors (Lipinski definition) is 4. The van der Waals surface area contributed by atoms with Crippen molar-refractivity contribution in [2.45, 2.75) is 13.0 Å². The number of aryl methyl sites for hydroxylation is 1. The molecule has 0 heterocycles. The maximum atomic E-state index is 10.6. The van der Waals surface area contributed by atoms with Crippen LogP contribution in [0.5, 0.6) is 5.75 Å². The van der Waals surface area contributed by atoms with E-state index in [0.717, 1.165) is 0 Å². The van der Waals surface area contributed by atoms with Crippen LogP contribution in [0.3, 0.4) is 0 Å². The Balaban J connectivity index is 2.86. The molecule has 5 heteroatoms. The Morgan fingerprint density at radius 1 is 1.50 bits per heavy atom. The number of aliphatic hydroxyl groups is 2. The Hall–Kier alpha value is -1.59. The Morgan fingerprint density at radius 2 is 2.19 bits per heavy atom. The second kappa shape index (κ2) is 5.48. The van der Waals surface area contributed by atoms with Crippen LogP contribution in [0.25, 0.3) is 0 Å². The molecule has 0 saturated carbocycles. The summed E-state index contributed by atoms with van der Waals surface area (Å²) in [6.07, 6.45) is -1.52. The summed E-state index contributed by atoms with van der Waals surface area (Å²) in [5, 5.41) is 26.5. The maximum absolute atomic E-state index is 10.6. The number of aliphatic hydroxyl groups excluding tert-OH is 2. The zero-order chi connectivity index (χ0) is 12.1. The van der Waals surface area contributed by atoms with Crippen molar-refractivity contribution in [2.75, 3.05) is 13.2 Å². The van der Waals surface area contributed by atoms with Crippen LogP contribution in [0, 0.1) is 6.92 Å². The minimum Gasteiger partial charge on any atom is -0.491 e. The van der Waals surface area contributed by atoms with Gasteiger partial charge in [-0.05, 0) is 30.2 Å². The first-order valence-corrected chi connectivity index (χ1v) is 4.81. The highest BCUT2D eigenvalue weighted by atomic mass is 16.5. The topological polar surface area (TPSA) is 87.0 Å². The lowest BCUT2D eigenvalue weighted by molar-refractivity contribution is -0.146. The van der Waals surface area contributed by atoms with E-state index in [1.165, 1.54) is 6.07 Å². The van der Waals surface area contributed by atoms with E-state index in [4.69, 9.17) is 14.9 Å². The first kappa shape index (κ1) is 12.5. The average molecular weight is 226 g/mol. The second-order valence-corrected chi connectivity index (χ2v) is 3.34. The van der Waals surface area contributed by atoms with Gasteiger partial charge in [0.1, 0.15) is 12.4 Å². The normalized spacial score (nSPS) is 12.2. The molecule has 0 spiro atoms. The number of carboxylic acids is 1. The van der Waals surface area contributed by atoms with Gasteiger partial charge in [-0.2, -0.15) is 0 Å². The predicted octanol–water partition coefficient (Wildman–Crippen LogP) is 0.484. The maximum Gasteiger partial charge on any atom is 0.337 e. The molecule has 5 nitrogen and oxygen atoms in total. The van der Waals surface area contributed by atoms with Crippen molar-refractivity contribution in [3.63, 3.8) is 0 Å². The number of carboxylic acid groups (broad SMARTS) is 1. The highest BCUT2D eigenvalue weighted by Crippen LogP contribution is 2.22. The number of ether oxygens (including phenoxy) is 1. The molecule has 0 fully saturated rings. The minimum absolute atomic E-state index is 0.0844. The number of aliphatic carboxylic acids is 1. The molecule has 3 N–H and O–H groups in total. The molecule has 0 aliphatic heterocycles. The van der Waals surface area contributed by atoms with E-state index < -0.39 is 12.1 Å². The highest BCUT2D eigenvalue weighted by molar-refractivity contribution is 5.74. The molecule has 0 radical (unpaired) electrons. The van der Waals surface area contributed by atoms with E-state index in [-0.39, 0.29) is 13.2 Å². The SMILES string of the molecule is Cc1cc(C(O)C(=O)O)ccc1OCCO. The van der Waals surface area contributed by atoms with Gasteiger partial charge >= 0.3 is 5.97 Å². The van der Waals surface area contributed by atoms with Gasteiger partial charge in [0, 0.05) is 0 Å². The summed E-state index contributed by atoms with van der Waals surface area (Å²) < 4.78 is 5.20. The molecule has 1 atom stereocenters.